The Hall–Kier alpha value is 0.0569. The molecule has 0 atom stereocenters. The van der Waals surface area contributed by atoms with Crippen molar-refractivity contribution in [3.05, 3.63) is 0 Å². The lowest BCUT2D eigenvalue weighted by molar-refractivity contribution is -0.0916. The molecule has 0 aromatic rings. The van der Waals surface area contributed by atoms with Gasteiger partial charge < -0.3 is 14.2 Å². The first-order valence-corrected chi connectivity index (χ1v) is 10.3. The molecule has 1 aliphatic rings. The van der Waals surface area contributed by atoms with Crippen molar-refractivity contribution in [2.75, 3.05) is 26.9 Å². The zero-order valence-corrected chi connectivity index (χ0v) is 17.3. The molecule has 1 saturated heterocycles. The van der Waals surface area contributed by atoms with Gasteiger partial charge in [0, 0.05) is 30.9 Å². The van der Waals surface area contributed by atoms with Gasteiger partial charge in [0.1, 0.15) is 15.4 Å². The molecule has 0 aromatic carbocycles. The van der Waals surface area contributed by atoms with Crippen LogP contribution in [0, 0.1) is 0 Å². The Morgan fingerprint density at radius 1 is 1.04 bits per heavy atom. The molecule has 1 heterocycles. The van der Waals surface area contributed by atoms with Crippen LogP contribution in [0.3, 0.4) is 0 Å². The lowest BCUT2D eigenvalue weighted by Gasteiger charge is -2.53. The van der Waals surface area contributed by atoms with E-state index in [0.717, 1.165) is 31.9 Å². The summed E-state index contributed by atoms with van der Waals surface area (Å²) < 4.78 is 17.4. The second-order valence-electron chi connectivity index (χ2n) is 7.64. The molecule has 0 amide bonds. The van der Waals surface area contributed by atoms with E-state index in [0.29, 0.717) is 28.8 Å². The number of hydrogen-bond acceptors (Lipinski definition) is 4. The van der Waals surface area contributed by atoms with Crippen LogP contribution < -0.4 is 0 Å². The molecule has 0 bridgehead atoms. The topological polar surface area (TPSA) is 30.9 Å². The molecule has 5 heteroatoms. The first-order valence-electron chi connectivity index (χ1n) is 9.05. The molecular weight excluding hydrogens is 306 g/mol. The fraction of sp³-hybridized carbons (Fsp3) is 1.00. The van der Waals surface area contributed by atoms with Crippen molar-refractivity contribution in [3.63, 3.8) is 0 Å². The van der Waals surface area contributed by atoms with E-state index in [1.165, 1.54) is 0 Å². The van der Waals surface area contributed by atoms with Crippen molar-refractivity contribution in [3.8, 4) is 0 Å². The Labute approximate surface area is 146 Å². The van der Waals surface area contributed by atoms with Crippen LogP contribution in [0.5, 0.6) is 0 Å². The van der Waals surface area contributed by atoms with Crippen molar-refractivity contribution in [2.45, 2.75) is 89.9 Å². The first kappa shape index (κ1) is 21.1. The van der Waals surface area contributed by atoms with E-state index in [2.05, 4.69) is 39.6 Å². The summed E-state index contributed by atoms with van der Waals surface area (Å²) in [6.07, 6.45) is 3.67. The van der Waals surface area contributed by atoms with Gasteiger partial charge in [-0.1, -0.05) is 6.04 Å². The normalized spacial score (nSPS) is 21.9. The molecule has 1 aliphatic heterocycles. The zero-order valence-electron chi connectivity index (χ0n) is 16.3. The van der Waals surface area contributed by atoms with Crippen LogP contribution in [0.1, 0.15) is 60.8 Å². The summed E-state index contributed by atoms with van der Waals surface area (Å²) in [6, 6.07) is 1.12. The van der Waals surface area contributed by atoms with Crippen molar-refractivity contribution in [2.24, 2.45) is 0 Å². The Kier molecular flexibility index (Phi) is 8.73. The van der Waals surface area contributed by atoms with Crippen molar-refractivity contribution in [1.82, 2.24) is 4.90 Å². The molecular formula is C18H37NO3Si. The van der Waals surface area contributed by atoms with Gasteiger partial charge in [-0.05, 0) is 67.9 Å². The summed E-state index contributed by atoms with van der Waals surface area (Å²) in [7, 11) is 2.93. The quantitative estimate of drug-likeness (QED) is 0.345. The smallest absolute Gasteiger partial charge is 0.137 e. The van der Waals surface area contributed by atoms with Crippen LogP contribution in [-0.4, -0.2) is 64.4 Å². The zero-order chi connectivity index (χ0) is 17.5. The van der Waals surface area contributed by atoms with Crippen LogP contribution in [0.15, 0.2) is 0 Å². The SMILES string of the molecule is CCOC(OCC)[Si]CCCOC1CC(C)(C)N(C)C(C)(C)C1. The molecule has 0 saturated carbocycles. The van der Waals surface area contributed by atoms with E-state index in [9.17, 15) is 0 Å². The molecule has 4 nitrogen and oxygen atoms in total. The van der Waals surface area contributed by atoms with Gasteiger partial charge in [0.15, 0.2) is 0 Å². The van der Waals surface area contributed by atoms with Crippen LogP contribution in [0.4, 0.5) is 0 Å². The number of nitrogens with zero attached hydrogens (tertiary/aromatic N) is 1. The number of piperidine rings is 1. The molecule has 23 heavy (non-hydrogen) atoms. The summed E-state index contributed by atoms with van der Waals surface area (Å²) in [4.78, 5) is 2.50. The van der Waals surface area contributed by atoms with E-state index in [1.807, 2.05) is 13.8 Å². The molecule has 1 rings (SSSR count). The van der Waals surface area contributed by atoms with E-state index >= 15 is 0 Å². The maximum Gasteiger partial charge on any atom is 0.137 e. The molecule has 136 valence electrons. The van der Waals surface area contributed by atoms with Crippen LogP contribution in [-0.2, 0) is 14.2 Å². The van der Waals surface area contributed by atoms with Gasteiger partial charge in [0.05, 0.1) is 6.10 Å². The average molecular weight is 344 g/mol. The monoisotopic (exact) mass is 343 g/mol. The van der Waals surface area contributed by atoms with Crippen molar-refractivity contribution in [1.29, 1.82) is 0 Å². The van der Waals surface area contributed by atoms with Crippen molar-refractivity contribution < 1.29 is 14.2 Å². The van der Waals surface area contributed by atoms with Crippen LogP contribution in [0.2, 0.25) is 6.04 Å². The van der Waals surface area contributed by atoms with Crippen LogP contribution >= 0.6 is 0 Å². The Balaban J connectivity index is 2.28. The van der Waals surface area contributed by atoms with E-state index in [-0.39, 0.29) is 17.0 Å². The molecule has 2 radical (unpaired) electrons. The average Bonchev–Trinajstić information content (AvgIpc) is 2.44. The minimum atomic E-state index is -0.0220. The molecule has 0 aliphatic carbocycles. The van der Waals surface area contributed by atoms with Crippen LogP contribution in [0.25, 0.3) is 0 Å². The Bertz CT molecular complexity index is 312. The summed E-state index contributed by atoms with van der Waals surface area (Å²) in [5.41, 5.74) is 0.395. The summed E-state index contributed by atoms with van der Waals surface area (Å²) in [5.74, 6) is -0.0220. The Morgan fingerprint density at radius 2 is 1.57 bits per heavy atom. The lowest BCUT2D eigenvalue weighted by Crippen LogP contribution is -2.60. The predicted molar refractivity (Wildman–Crippen MR) is 97.1 cm³/mol. The standard InChI is InChI=1S/C18H37NO3Si/c1-8-20-16(21-9-2)23-12-10-11-22-15-13-17(3,4)19(7)18(5,6)14-15/h15-16H,8-14H2,1-7H3. The second-order valence-corrected chi connectivity index (χ2v) is 9.01. The van der Waals surface area contributed by atoms with Gasteiger partial charge in [-0.2, -0.15) is 0 Å². The number of rotatable bonds is 10. The van der Waals surface area contributed by atoms with Gasteiger partial charge in [-0.15, -0.1) is 0 Å². The fourth-order valence-corrected chi connectivity index (χ4v) is 4.56. The molecule has 0 aromatic heterocycles. The third-order valence-corrected chi connectivity index (χ3v) is 6.20. The molecule has 0 unspecified atom stereocenters. The van der Waals surface area contributed by atoms with E-state index in [4.69, 9.17) is 14.2 Å². The molecule has 1 fully saturated rings. The van der Waals surface area contributed by atoms with Crippen molar-refractivity contribution >= 4 is 9.52 Å². The van der Waals surface area contributed by atoms with Gasteiger partial charge in [0.2, 0.25) is 0 Å². The Morgan fingerprint density at radius 3 is 2.04 bits per heavy atom. The van der Waals surface area contributed by atoms with Gasteiger partial charge in [-0.3, -0.25) is 4.90 Å². The van der Waals surface area contributed by atoms with E-state index < -0.39 is 0 Å². The van der Waals surface area contributed by atoms with Gasteiger partial charge in [0.25, 0.3) is 0 Å². The first-order chi connectivity index (χ1) is 10.7. The number of likely N-dealkylation sites (tertiary alicyclic amines) is 1. The van der Waals surface area contributed by atoms with Gasteiger partial charge in [-0.25, -0.2) is 0 Å². The number of ether oxygens (including phenoxy) is 3. The molecule has 0 spiro atoms. The third kappa shape index (κ3) is 6.82. The highest BCUT2D eigenvalue weighted by atomic mass is 28.2. The number of hydrogen-bond donors (Lipinski definition) is 0. The lowest BCUT2D eigenvalue weighted by atomic mass is 9.79. The maximum atomic E-state index is 6.20. The third-order valence-electron chi connectivity index (χ3n) is 4.89. The highest BCUT2D eigenvalue weighted by Crippen LogP contribution is 2.38. The predicted octanol–water partition coefficient (Wildman–Crippen LogP) is 3.52. The van der Waals surface area contributed by atoms with E-state index in [1.54, 1.807) is 0 Å². The summed E-state index contributed by atoms with van der Waals surface area (Å²) in [5, 5.41) is 0. The van der Waals surface area contributed by atoms with Gasteiger partial charge >= 0.3 is 0 Å². The second kappa shape index (κ2) is 9.52. The summed E-state index contributed by atoms with van der Waals surface area (Å²) >= 11 is 0. The largest absolute Gasteiger partial charge is 0.378 e. The minimum Gasteiger partial charge on any atom is -0.378 e. The fourth-order valence-electron chi connectivity index (χ4n) is 3.41. The summed E-state index contributed by atoms with van der Waals surface area (Å²) in [6.45, 7) is 15.6. The minimum absolute atomic E-state index is 0.0220. The maximum absolute atomic E-state index is 6.20. The highest BCUT2D eigenvalue weighted by Gasteiger charge is 2.43. The molecule has 0 N–H and O–H groups in total. The highest BCUT2D eigenvalue weighted by molar-refractivity contribution is 6.36.